The van der Waals surface area contributed by atoms with E-state index in [4.69, 9.17) is 4.74 Å². The molecule has 3 atom stereocenters. The van der Waals surface area contributed by atoms with Crippen molar-refractivity contribution in [3.63, 3.8) is 0 Å². The first-order valence-corrected chi connectivity index (χ1v) is 11.3. The van der Waals surface area contributed by atoms with Gasteiger partial charge < -0.3 is 20.1 Å². The maximum Gasteiger partial charge on any atom is 0.257 e. The predicted octanol–water partition coefficient (Wildman–Crippen LogP) is 4.22. The summed E-state index contributed by atoms with van der Waals surface area (Å²) < 4.78 is 19.7. The molecular weight excluding hydrogens is 431 g/mol. The Balaban J connectivity index is 1.52. The van der Waals surface area contributed by atoms with Gasteiger partial charge in [-0.25, -0.2) is 4.39 Å². The van der Waals surface area contributed by atoms with Gasteiger partial charge in [0, 0.05) is 29.3 Å². The number of nitrogens with one attached hydrogen (secondary N) is 1. The molecule has 5 nitrogen and oxygen atoms in total. The molecule has 2 aliphatic rings. The molecule has 1 fully saturated rings. The van der Waals surface area contributed by atoms with Gasteiger partial charge in [0.25, 0.3) is 5.91 Å². The molecule has 34 heavy (non-hydrogen) atoms. The van der Waals surface area contributed by atoms with Crippen LogP contribution in [0, 0.1) is 23.6 Å². The van der Waals surface area contributed by atoms with Crippen LogP contribution in [0.15, 0.2) is 66.7 Å². The molecule has 0 aromatic heterocycles. The number of anilines is 1. The molecule has 1 amide bonds. The highest BCUT2D eigenvalue weighted by molar-refractivity contribution is 5.95. The predicted molar refractivity (Wildman–Crippen MR) is 128 cm³/mol. The molecule has 0 spiro atoms. The number of amides is 1. The number of hydrogen-bond acceptors (Lipinski definition) is 4. The van der Waals surface area contributed by atoms with Crippen molar-refractivity contribution in [3.8, 4) is 17.6 Å². The van der Waals surface area contributed by atoms with E-state index in [-0.39, 0.29) is 36.1 Å². The van der Waals surface area contributed by atoms with E-state index in [1.807, 2.05) is 42.5 Å². The molecule has 2 heterocycles. The van der Waals surface area contributed by atoms with Crippen molar-refractivity contribution in [2.45, 2.75) is 18.5 Å². The Labute approximate surface area is 198 Å². The molecule has 172 valence electrons. The standard InChI is InChI=1S/C28H25FN2O3/c1-34-20-6-4-5-18(15-20)9-10-19-11-12-25-23(16-19)27-22(26(17-32)30-25)13-14-31(27)28(33)21-7-2-3-8-24(21)29/h2-8,11-12,15-16,22,26-27,30,32H,13-14,17H2,1H3/t22-,26-,27-/m0/s1. The van der Waals surface area contributed by atoms with Gasteiger partial charge in [0.2, 0.25) is 0 Å². The summed E-state index contributed by atoms with van der Waals surface area (Å²) in [5, 5.41) is 13.4. The third kappa shape index (κ3) is 4.00. The Morgan fingerprint density at radius 3 is 2.68 bits per heavy atom. The molecule has 3 aromatic rings. The average Bonchev–Trinajstić information content (AvgIpc) is 3.32. The minimum absolute atomic E-state index is 0.0230. The first-order chi connectivity index (χ1) is 16.6. The SMILES string of the molecule is COc1cccc(C#Cc2ccc3c(c2)[C@@H]2[C@@H](CCN2C(=O)c2ccccc2F)[C@H](CO)N3)c1. The average molecular weight is 457 g/mol. The summed E-state index contributed by atoms with van der Waals surface area (Å²) >= 11 is 0. The highest BCUT2D eigenvalue weighted by Crippen LogP contribution is 2.47. The Hall–Kier alpha value is -3.82. The van der Waals surface area contributed by atoms with Crippen LogP contribution in [-0.4, -0.2) is 42.2 Å². The lowest BCUT2D eigenvalue weighted by atomic mass is 9.82. The lowest BCUT2D eigenvalue weighted by Crippen LogP contribution is -2.43. The van der Waals surface area contributed by atoms with Crippen LogP contribution in [0.2, 0.25) is 0 Å². The number of halogens is 1. The second kappa shape index (κ2) is 9.20. The van der Waals surface area contributed by atoms with Crippen molar-refractivity contribution in [3.05, 3.63) is 94.8 Å². The topological polar surface area (TPSA) is 61.8 Å². The van der Waals surface area contributed by atoms with Gasteiger partial charge in [-0.05, 0) is 60.5 Å². The number of fused-ring (bicyclic) bond motifs is 3. The van der Waals surface area contributed by atoms with Crippen LogP contribution in [0.1, 0.15) is 39.5 Å². The van der Waals surface area contributed by atoms with Crippen molar-refractivity contribution >= 4 is 11.6 Å². The van der Waals surface area contributed by atoms with E-state index in [9.17, 15) is 14.3 Å². The van der Waals surface area contributed by atoms with Crippen LogP contribution < -0.4 is 10.1 Å². The fourth-order valence-corrected chi connectivity index (χ4v) is 5.00. The Morgan fingerprint density at radius 1 is 1.12 bits per heavy atom. The third-order valence-corrected chi connectivity index (χ3v) is 6.66. The van der Waals surface area contributed by atoms with Crippen molar-refractivity contribution in [1.29, 1.82) is 0 Å². The van der Waals surface area contributed by atoms with E-state index >= 15 is 0 Å². The third-order valence-electron chi connectivity index (χ3n) is 6.66. The number of nitrogens with zero attached hydrogens (tertiary/aromatic N) is 1. The van der Waals surface area contributed by atoms with Crippen LogP contribution in [0.25, 0.3) is 0 Å². The van der Waals surface area contributed by atoms with Crippen LogP contribution >= 0.6 is 0 Å². The highest BCUT2D eigenvalue weighted by atomic mass is 19.1. The van der Waals surface area contributed by atoms with Crippen molar-refractivity contribution in [1.82, 2.24) is 4.90 Å². The number of hydrogen-bond donors (Lipinski definition) is 2. The Morgan fingerprint density at radius 2 is 1.91 bits per heavy atom. The number of rotatable bonds is 3. The summed E-state index contributed by atoms with van der Waals surface area (Å²) in [5.41, 5.74) is 3.52. The summed E-state index contributed by atoms with van der Waals surface area (Å²) in [6.07, 6.45) is 0.724. The minimum Gasteiger partial charge on any atom is -0.497 e. The fraction of sp³-hybridized carbons (Fsp3) is 0.250. The monoisotopic (exact) mass is 456 g/mol. The summed E-state index contributed by atoms with van der Waals surface area (Å²) in [6, 6.07) is 19.0. The van der Waals surface area contributed by atoms with Crippen molar-refractivity contribution in [2.75, 3.05) is 25.6 Å². The zero-order chi connectivity index (χ0) is 23.7. The molecule has 0 saturated carbocycles. The van der Waals surface area contributed by atoms with Gasteiger partial charge in [-0.1, -0.05) is 30.0 Å². The Bertz CT molecular complexity index is 1300. The quantitative estimate of drug-likeness (QED) is 0.580. The molecule has 2 aliphatic heterocycles. The fourth-order valence-electron chi connectivity index (χ4n) is 5.00. The lowest BCUT2D eigenvalue weighted by Gasteiger charge is -2.39. The maximum absolute atomic E-state index is 14.4. The van der Waals surface area contributed by atoms with E-state index in [0.717, 1.165) is 34.5 Å². The summed E-state index contributed by atoms with van der Waals surface area (Å²) in [6.45, 7) is 0.458. The summed E-state index contributed by atoms with van der Waals surface area (Å²) in [7, 11) is 1.62. The molecule has 0 bridgehead atoms. The molecule has 5 rings (SSSR count). The van der Waals surface area contributed by atoms with Crippen LogP contribution in [-0.2, 0) is 0 Å². The van der Waals surface area contributed by atoms with Crippen LogP contribution in [0.4, 0.5) is 10.1 Å². The minimum atomic E-state index is -0.526. The number of carbonyl (C=O) groups excluding carboxylic acids is 1. The zero-order valence-electron chi connectivity index (χ0n) is 18.8. The smallest absolute Gasteiger partial charge is 0.257 e. The first kappa shape index (κ1) is 22.0. The zero-order valence-corrected chi connectivity index (χ0v) is 18.8. The largest absolute Gasteiger partial charge is 0.497 e. The van der Waals surface area contributed by atoms with E-state index in [0.29, 0.717) is 6.54 Å². The first-order valence-electron chi connectivity index (χ1n) is 11.3. The Kier molecular flexibility index (Phi) is 5.95. The van der Waals surface area contributed by atoms with Gasteiger partial charge in [-0.3, -0.25) is 4.79 Å². The van der Waals surface area contributed by atoms with E-state index in [2.05, 4.69) is 17.2 Å². The maximum atomic E-state index is 14.4. The highest BCUT2D eigenvalue weighted by Gasteiger charge is 2.46. The second-order valence-electron chi connectivity index (χ2n) is 8.59. The molecule has 6 heteroatoms. The number of methoxy groups -OCH3 is 1. The van der Waals surface area contributed by atoms with E-state index in [1.54, 1.807) is 24.1 Å². The van der Waals surface area contributed by atoms with Crippen LogP contribution in [0.5, 0.6) is 5.75 Å². The van der Waals surface area contributed by atoms with Crippen molar-refractivity contribution < 1.29 is 19.0 Å². The molecular formula is C28H25FN2O3. The summed E-state index contributed by atoms with van der Waals surface area (Å²) in [5.74, 6) is 6.28. The number of benzene rings is 3. The molecule has 3 aromatic carbocycles. The van der Waals surface area contributed by atoms with Gasteiger partial charge in [0.15, 0.2) is 0 Å². The van der Waals surface area contributed by atoms with Gasteiger partial charge in [-0.15, -0.1) is 0 Å². The number of aliphatic hydroxyl groups excluding tert-OH is 1. The number of likely N-dealkylation sites (tertiary alicyclic amines) is 1. The number of ether oxygens (including phenoxy) is 1. The van der Waals surface area contributed by atoms with Crippen molar-refractivity contribution in [2.24, 2.45) is 5.92 Å². The van der Waals surface area contributed by atoms with Gasteiger partial charge in [-0.2, -0.15) is 0 Å². The van der Waals surface area contributed by atoms with Crippen LogP contribution in [0.3, 0.4) is 0 Å². The molecule has 0 aliphatic carbocycles. The molecule has 0 unspecified atom stereocenters. The van der Waals surface area contributed by atoms with E-state index in [1.165, 1.54) is 12.1 Å². The number of aliphatic hydroxyl groups is 1. The number of carbonyl (C=O) groups is 1. The van der Waals surface area contributed by atoms with E-state index < -0.39 is 5.82 Å². The lowest BCUT2D eigenvalue weighted by molar-refractivity contribution is 0.0696. The second-order valence-corrected chi connectivity index (χ2v) is 8.59. The normalized spacial score (nSPS) is 20.4. The molecule has 1 saturated heterocycles. The molecule has 2 N–H and O–H groups in total. The van der Waals surface area contributed by atoms with Gasteiger partial charge in [0.1, 0.15) is 11.6 Å². The van der Waals surface area contributed by atoms with Gasteiger partial charge >= 0.3 is 0 Å². The summed E-state index contributed by atoms with van der Waals surface area (Å²) in [4.78, 5) is 15.1. The molecule has 0 radical (unpaired) electrons. The van der Waals surface area contributed by atoms with Gasteiger partial charge in [0.05, 0.1) is 31.4 Å².